The van der Waals surface area contributed by atoms with Crippen molar-refractivity contribution in [3.63, 3.8) is 0 Å². The average Bonchev–Trinajstić information content (AvgIpc) is 3.26. The number of hydrogen-bond donors (Lipinski definition) is 1. The minimum Gasteiger partial charge on any atom is -0.379 e. The highest BCUT2D eigenvalue weighted by Gasteiger charge is 2.48. The van der Waals surface area contributed by atoms with E-state index >= 15 is 0 Å². The van der Waals surface area contributed by atoms with Crippen molar-refractivity contribution >= 4 is 5.69 Å². The summed E-state index contributed by atoms with van der Waals surface area (Å²) in [4.78, 5) is 6.50. The zero-order valence-corrected chi connectivity index (χ0v) is 21.7. The van der Waals surface area contributed by atoms with Gasteiger partial charge in [-0.15, -0.1) is 10.2 Å². The van der Waals surface area contributed by atoms with Gasteiger partial charge in [0.1, 0.15) is 12.2 Å². The summed E-state index contributed by atoms with van der Waals surface area (Å²) in [6.45, 7) is 6.73. The number of rotatable bonds is 7. The van der Waals surface area contributed by atoms with Crippen LogP contribution < -0.4 is 5.32 Å². The fraction of sp³-hybridized carbons (Fsp3) is 0.536. The van der Waals surface area contributed by atoms with Crippen LogP contribution in [0.5, 0.6) is 0 Å². The van der Waals surface area contributed by atoms with Crippen LogP contribution in [0.3, 0.4) is 0 Å². The van der Waals surface area contributed by atoms with Crippen LogP contribution in [-0.4, -0.2) is 37.7 Å². The van der Waals surface area contributed by atoms with Crippen molar-refractivity contribution < 1.29 is 13.2 Å². The van der Waals surface area contributed by atoms with Crippen molar-refractivity contribution in [2.75, 3.05) is 18.4 Å². The van der Waals surface area contributed by atoms with Crippen LogP contribution in [0.4, 0.5) is 18.9 Å². The molecule has 1 saturated heterocycles. The molecule has 3 heterocycles. The molecule has 0 amide bonds. The molecule has 37 heavy (non-hydrogen) atoms. The molecule has 0 spiro atoms. The molecule has 1 saturated carbocycles. The van der Waals surface area contributed by atoms with Gasteiger partial charge in [-0.25, -0.2) is 0 Å². The Labute approximate surface area is 216 Å². The molecule has 1 aliphatic heterocycles. The Bertz CT molecular complexity index is 1230. The van der Waals surface area contributed by atoms with E-state index < -0.39 is 11.7 Å². The lowest BCUT2D eigenvalue weighted by Gasteiger charge is -2.46. The molecule has 0 bridgehead atoms. The standard InChI is InChI=1S/C28H35F3N6/c1-19-6-5-9-37(16-19)17-21-10-24(28(29,30)31)25(33-14-21)15-32-23-8-4-7-22(11-23)27(12-20(2)13-27)26-35-34-18-36(26)3/h4,7-8,10-11,14,18-20,32H,5-6,9,12-13,15-17H2,1-3H3/t19-,20?,27?/m0/s1. The van der Waals surface area contributed by atoms with Gasteiger partial charge in [0.05, 0.1) is 23.2 Å². The first-order valence-electron chi connectivity index (χ1n) is 13.1. The molecule has 1 aliphatic carbocycles. The molecule has 2 aliphatic rings. The van der Waals surface area contributed by atoms with Gasteiger partial charge in [-0.2, -0.15) is 13.2 Å². The summed E-state index contributed by atoms with van der Waals surface area (Å²) in [5, 5.41) is 11.7. The number of anilines is 1. The molecule has 0 unspecified atom stereocenters. The molecule has 3 aromatic rings. The fourth-order valence-corrected chi connectivity index (χ4v) is 6.20. The van der Waals surface area contributed by atoms with E-state index in [1.165, 1.54) is 12.5 Å². The first-order chi connectivity index (χ1) is 17.6. The molecule has 1 N–H and O–H groups in total. The Hall–Kier alpha value is -2.94. The number of alkyl halides is 3. The summed E-state index contributed by atoms with van der Waals surface area (Å²) in [5.41, 5.74) is 1.58. The van der Waals surface area contributed by atoms with Gasteiger partial charge in [0.2, 0.25) is 0 Å². The molecular formula is C28H35F3N6. The predicted octanol–water partition coefficient (Wildman–Crippen LogP) is 5.79. The zero-order valence-electron chi connectivity index (χ0n) is 21.7. The Morgan fingerprint density at radius 3 is 2.62 bits per heavy atom. The van der Waals surface area contributed by atoms with Gasteiger partial charge >= 0.3 is 6.18 Å². The minimum absolute atomic E-state index is 0.00725. The summed E-state index contributed by atoms with van der Waals surface area (Å²) >= 11 is 0. The number of benzene rings is 1. The van der Waals surface area contributed by atoms with Crippen LogP contribution >= 0.6 is 0 Å². The number of nitrogens with zero attached hydrogens (tertiary/aromatic N) is 5. The number of piperidine rings is 1. The van der Waals surface area contributed by atoms with Crippen LogP contribution in [0, 0.1) is 11.8 Å². The molecular weight excluding hydrogens is 477 g/mol. The number of halogens is 3. The van der Waals surface area contributed by atoms with E-state index in [1.54, 1.807) is 12.5 Å². The molecule has 9 heteroatoms. The molecule has 0 radical (unpaired) electrons. The SMILES string of the molecule is CC1CC(c2cccc(NCc3ncc(CN4CCC[C@H](C)C4)cc3C(F)(F)F)c2)(c2nncn2C)C1. The van der Waals surface area contributed by atoms with Gasteiger partial charge in [-0.05, 0) is 73.4 Å². The van der Waals surface area contributed by atoms with Crippen LogP contribution in [0.2, 0.25) is 0 Å². The summed E-state index contributed by atoms with van der Waals surface area (Å²) in [5.74, 6) is 2.06. The number of hydrogen-bond acceptors (Lipinski definition) is 5. The normalized spacial score (nSPS) is 24.6. The molecule has 2 aromatic heterocycles. The van der Waals surface area contributed by atoms with Crippen molar-refractivity contribution in [1.82, 2.24) is 24.6 Å². The summed E-state index contributed by atoms with van der Waals surface area (Å²) in [7, 11) is 1.95. The maximum absolute atomic E-state index is 14.0. The molecule has 198 valence electrons. The predicted molar refractivity (Wildman–Crippen MR) is 137 cm³/mol. The summed E-state index contributed by atoms with van der Waals surface area (Å²) in [6.07, 6.45) is 3.02. The minimum atomic E-state index is -4.46. The molecule has 6 nitrogen and oxygen atoms in total. The van der Waals surface area contributed by atoms with Gasteiger partial charge in [-0.3, -0.25) is 9.88 Å². The first-order valence-corrected chi connectivity index (χ1v) is 13.1. The maximum Gasteiger partial charge on any atom is 0.418 e. The van der Waals surface area contributed by atoms with E-state index in [-0.39, 0.29) is 17.7 Å². The van der Waals surface area contributed by atoms with E-state index in [1.807, 2.05) is 29.8 Å². The van der Waals surface area contributed by atoms with Crippen LogP contribution in [0.25, 0.3) is 0 Å². The Morgan fingerprint density at radius 2 is 1.95 bits per heavy atom. The third-order valence-electron chi connectivity index (χ3n) is 7.89. The summed E-state index contributed by atoms with van der Waals surface area (Å²) < 4.78 is 44.0. The van der Waals surface area contributed by atoms with Gasteiger partial charge in [0.15, 0.2) is 0 Å². The maximum atomic E-state index is 14.0. The average molecular weight is 513 g/mol. The highest BCUT2D eigenvalue weighted by atomic mass is 19.4. The topological polar surface area (TPSA) is 58.9 Å². The highest BCUT2D eigenvalue weighted by Crippen LogP contribution is 2.51. The molecule has 2 fully saturated rings. The third-order valence-corrected chi connectivity index (χ3v) is 7.89. The van der Waals surface area contributed by atoms with E-state index in [4.69, 9.17) is 0 Å². The fourth-order valence-electron chi connectivity index (χ4n) is 6.20. The number of pyridine rings is 1. The Kier molecular flexibility index (Phi) is 7.00. The molecule has 1 aromatic carbocycles. The summed E-state index contributed by atoms with van der Waals surface area (Å²) in [6, 6.07) is 9.20. The van der Waals surface area contributed by atoms with Crippen molar-refractivity contribution in [3.8, 4) is 0 Å². The highest BCUT2D eigenvalue weighted by molar-refractivity contribution is 5.51. The van der Waals surface area contributed by atoms with Crippen LogP contribution in [0.1, 0.15) is 67.7 Å². The van der Waals surface area contributed by atoms with Crippen molar-refractivity contribution in [1.29, 1.82) is 0 Å². The molecule has 1 atom stereocenters. The number of aromatic nitrogens is 4. The number of aryl methyl sites for hydroxylation is 1. The molecule has 5 rings (SSSR count). The zero-order chi connectivity index (χ0) is 26.2. The number of likely N-dealkylation sites (tertiary alicyclic amines) is 1. The van der Waals surface area contributed by atoms with Crippen molar-refractivity contribution in [3.05, 3.63) is 71.1 Å². The van der Waals surface area contributed by atoms with Gasteiger partial charge < -0.3 is 9.88 Å². The van der Waals surface area contributed by atoms with Crippen molar-refractivity contribution in [2.45, 2.75) is 64.2 Å². The van der Waals surface area contributed by atoms with E-state index in [0.29, 0.717) is 23.9 Å². The second kappa shape index (κ2) is 10.1. The second-order valence-electron chi connectivity index (χ2n) is 11.1. The van der Waals surface area contributed by atoms with E-state index in [2.05, 4.69) is 45.3 Å². The lowest BCUT2D eigenvalue weighted by Crippen LogP contribution is -2.43. The smallest absolute Gasteiger partial charge is 0.379 e. The van der Waals surface area contributed by atoms with Crippen LogP contribution in [0.15, 0.2) is 42.9 Å². The lowest BCUT2D eigenvalue weighted by molar-refractivity contribution is -0.138. The lowest BCUT2D eigenvalue weighted by atomic mass is 9.58. The van der Waals surface area contributed by atoms with Gasteiger partial charge in [0, 0.05) is 32.0 Å². The van der Waals surface area contributed by atoms with E-state index in [0.717, 1.165) is 49.4 Å². The van der Waals surface area contributed by atoms with E-state index in [9.17, 15) is 13.2 Å². The third kappa shape index (κ3) is 5.37. The first kappa shape index (κ1) is 25.7. The van der Waals surface area contributed by atoms with Gasteiger partial charge in [-0.1, -0.05) is 26.0 Å². The monoisotopic (exact) mass is 512 g/mol. The second-order valence-corrected chi connectivity index (χ2v) is 11.1. The van der Waals surface area contributed by atoms with Crippen molar-refractivity contribution in [2.24, 2.45) is 18.9 Å². The largest absolute Gasteiger partial charge is 0.418 e. The quantitative estimate of drug-likeness (QED) is 0.434. The Morgan fingerprint density at radius 1 is 1.14 bits per heavy atom. The van der Waals surface area contributed by atoms with Gasteiger partial charge in [0.25, 0.3) is 0 Å². The Balaban J connectivity index is 1.34. The van der Waals surface area contributed by atoms with Crippen LogP contribution in [-0.2, 0) is 31.7 Å². The number of nitrogens with one attached hydrogen (secondary N) is 1.